The lowest BCUT2D eigenvalue weighted by Gasteiger charge is -2.08. The number of fused-ring (bicyclic) bond motifs is 1. The van der Waals surface area contributed by atoms with Crippen LogP contribution in [0.3, 0.4) is 0 Å². The van der Waals surface area contributed by atoms with Crippen LogP contribution in [0.5, 0.6) is 5.75 Å². The normalized spacial score (nSPS) is 10.5. The Morgan fingerprint density at radius 3 is 2.50 bits per heavy atom. The number of ether oxygens (including phenoxy) is 2. The van der Waals surface area contributed by atoms with Crippen molar-refractivity contribution in [2.45, 2.75) is 20.4 Å². The lowest BCUT2D eigenvalue weighted by Crippen LogP contribution is -2.28. The molecule has 7 nitrogen and oxygen atoms in total. The summed E-state index contributed by atoms with van der Waals surface area (Å²) in [5.74, 6) is -0.260. The molecule has 144 valence electrons. The highest BCUT2D eigenvalue weighted by atomic mass is 16.5. The van der Waals surface area contributed by atoms with Gasteiger partial charge in [0.1, 0.15) is 5.75 Å². The van der Waals surface area contributed by atoms with Gasteiger partial charge in [-0.3, -0.25) is 4.79 Å². The molecule has 0 aliphatic carbocycles. The van der Waals surface area contributed by atoms with Gasteiger partial charge in [-0.25, -0.2) is 14.8 Å². The first-order valence-corrected chi connectivity index (χ1v) is 8.78. The van der Waals surface area contributed by atoms with Crippen LogP contribution < -0.4 is 10.1 Å². The number of amides is 1. The van der Waals surface area contributed by atoms with Gasteiger partial charge in [-0.2, -0.15) is 0 Å². The Balaban J connectivity index is 1.56. The first-order valence-electron chi connectivity index (χ1n) is 8.78. The summed E-state index contributed by atoms with van der Waals surface area (Å²) >= 11 is 0. The van der Waals surface area contributed by atoms with Crippen LogP contribution in [0.4, 0.5) is 0 Å². The predicted molar refractivity (Wildman–Crippen MR) is 104 cm³/mol. The van der Waals surface area contributed by atoms with Gasteiger partial charge in [0.25, 0.3) is 5.91 Å². The summed E-state index contributed by atoms with van der Waals surface area (Å²) in [5.41, 5.74) is 4.17. The summed E-state index contributed by atoms with van der Waals surface area (Å²) in [6.45, 7) is 3.70. The van der Waals surface area contributed by atoms with Crippen LogP contribution in [0.15, 0.2) is 42.5 Å². The minimum atomic E-state index is -0.585. The second-order valence-electron chi connectivity index (χ2n) is 6.30. The van der Waals surface area contributed by atoms with Gasteiger partial charge in [-0.05, 0) is 49.7 Å². The van der Waals surface area contributed by atoms with E-state index in [2.05, 4.69) is 15.3 Å². The lowest BCUT2D eigenvalue weighted by atomic mass is 10.2. The predicted octanol–water partition coefficient (Wildman–Crippen LogP) is 2.73. The smallest absolute Gasteiger partial charge is 0.338 e. The van der Waals surface area contributed by atoms with Crippen LogP contribution in [0.2, 0.25) is 0 Å². The summed E-state index contributed by atoms with van der Waals surface area (Å²) in [6.07, 6.45) is 0. The van der Waals surface area contributed by atoms with Gasteiger partial charge < -0.3 is 14.8 Å². The maximum Gasteiger partial charge on any atom is 0.338 e. The number of hydrogen-bond acceptors (Lipinski definition) is 6. The van der Waals surface area contributed by atoms with Crippen LogP contribution in [-0.4, -0.2) is 35.6 Å². The average molecular weight is 379 g/mol. The molecule has 0 radical (unpaired) electrons. The Labute approximate surface area is 162 Å². The number of nitrogens with one attached hydrogen (secondary N) is 1. The molecule has 0 spiro atoms. The highest BCUT2D eigenvalue weighted by Crippen LogP contribution is 2.15. The first kappa shape index (κ1) is 19.3. The molecule has 0 fully saturated rings. The topological polar surface area (TPSA) is 90.4 Å². The number of nitrogens with zero attached hydrogens (tertiary/aromatic N) is 2. The third-order valence-corrected chi connectivity index (χ3v) is 4.27. The highest BCUT2D eigenvalue weighted by molar-refractivity contribution is 5.94. The maximum absolute atomic E-state index is 12.2. The lowest BCUT2D eigenvalue weighted by molar-refractivity contribution is -0.124. The molecular formula is C21H21N3O4. The van der Waals surface area contributed by atoms with E-state index in [1.54, 1.807) is 25.3 Å². The van der Waals surface area contributed by atoms with E-state index in [9.17, 15) is 9.59 Å². The third kappa shape index (κ3) is 4.62. The van der Waals surface area contributed by atoms with Crippen molar-refractivity contribution < 1.29 is 19.1 Å². The molecule has 0 atom stereocenters. The number of aryl methyl sites for hydroxylation is 2. The number of carbonyl (C=O) groups is 2. The zero-order valence-corrected chi connectivity index (χ0v) is 16.0. The fraction of sp³-hybridized carbons (Fsp3) is 0.238. The van der Waals surface area contributed by atoms with E-state index in [0.29, 0.717) is 28.9 Å². The molecule has 0 saturated heterocycles. The molecular weight excluding hydrogens is 358 g/mol. The van der Waals surface area contributed by atoms with E-state index in [0.717, 1.165) is 17.0 Å². The summed E-state index contributed by atoms with van der Waals surface area (Å²) < 4.78 is 10.2. The van der Waals surface area contributed by atoms with Crippen molar-refractivity contribution in [2.75, 3.05) is 13.7 Å². The van der Waals surface area contributed by atoms with E-state index in [4.69, 9.17) is 9.47 Å². The zero-order chi connectivity index (χ0) is 20.1. The average Bonchev–Trinajstić information content (AvgIpc) is 2.71. The maximum atomic E-state index is 12.2. The summed E-state index contributed by atoms with van der Waals surface area (Å²) in [6, 6.07) is 12.3. The van der Waals surface area contributed by atoms with Gasteiger partial charge in [0.2, 0.25) is 0 Å². The minimum Gasteiger partial charge on any atom is -0.497 e. The molecule has 1 N–H and O–H groups in total. The molecule has 0 bridgehead atoms. The fourth-order valence-corrected chi connectivity index (χ4v) is 2.61. The second kappa shape index (κ2) is 8.47. The monoisotopic (exact) mass is 379 g/mol. The third-order valence-electron chi connectivity index (χ3n) is 4.27. The van der Waals surface area contributed by atoms with E-state index >= 15 is 0 Å². The van der Waals surface area contributed by atoms with Crippen molar-refractivity contribution in [1.82, 2.24) is 15.3 Å². The van der Waals surface area contributed by atoms with Crippen LogP contribution in [0, 0.1) is 13.8 Å². The van der Waals surface area contributed by atoms with E-state index in [-0.39, 0.29) is 12.5 Å². The molecule has 28 heavy (non-hydrogen) atoms. The molecule has 0 saturated carbocycles. The number of esters is 1. The Morgan fingerprint density at radius 2 is 1.75 bits per heavy atom. The Hall–Kier alpha value is -3.48. The molecule has 2 aromatic carbocycles. The summed E-state index contributed by atoms with van der Waals surface area (Å²) in [4.78, 5) is 33.1. The van der Waals surface area contributed by atoms with Crippen molar-refractivity contribution >= 4 is 22.9 Å². The molecule has 1 amide bonds. The van der Waals surface area contributed by atoms with Crippen molar-refractivity contribution in [3.8, 4) is 5.75 Å². The first-order chi connectivity index (χ1) is 13.5. The molecule has 3 rings (SSSR count). The van der Waals surface area contributed by atoms with Gasteiger partial charge in [0.05, 0.1) is 35.1 Å². The minimum absolute atomic E-state index is 0.317. The van der Waals surface area contributed by atoms with Gasteiger partial charge in [-0.1, -0.05) is 12.1 Å². The van der Waals surface area contributed by atoms with Crippen molar-refractivity contribution in [3.63, 3.8) is 0 Å². The summed E-state index contributed by atoms with van der Waals surface area (Å²) in [7, 11) is 1.58. The Kier molecular flexibility index (Phi) is 5.84. The Morgan fingerprint density at radius 1 is 1.00 bits per heavy atom. The highest BCUT2D eigenvalue weighted by Gasteiger charge is 2.12. The van der Waals surface area contributed by atoms with Crippen LogP contribution >= 0.6 is 0 Å². The zero-order valence-electron chi connectivity index (χ0n) is 16.0. The molecule has 3 aromatic rings. The molecule has 0 aliphatic rings. The van der Waals surface area contributed by atoms with Gasteiger partial charge >= 0.3 is 5.97 Å². The van der Waals surface area contributed by atoms with Crippen LogP contribution in [0.25, 0.3) is 11.0 Å². The number of methoxy groups -OCH3 is 1. The van der Waals surface area contributed by atoms with E-state index < -0.39 is 5.97 Å². The molecule has 1 heterocycles. The van der Waals surface area contributed by atoms with Crippen LogP contribution in [0.1, 0.15) is 27.3 Å². The standard InChI is InChI=1S/C21H21N3O4/c1-13-14(2)24-19-10-16(7-8-18(19)23-13)21(26)28-12-20(25)22-11-15-5-4-6-17(9-15)27-3/h4-10H,11-12H2,1-3H3,(H,22,25). The molecule has 0 unspecified atom stereocenters. The van der Waals surface area contributed by atoms with E-state index in [1.165, 1.54) is 0 Å². The quantitative estimate of drug-likeness (QED) is 0.662. The SMILES string of the molecule is COc1cccc(CNC(=O)COC(=O)c2ccc3nc(C)c(C)nc3c2)c1. The molecule has 0 aliphatic heterocycles. The van der Waals surface area contributed by atoms with Gasteiger partial charge in [0.15, 0.2) is 6.61 Å². The van der Waals surface area contributed by atoms with Crippen molar-refractivity contribution in [2.24, 2.45) is 0 Å². The number of carbonyl (C=O) groups excluding carboxylic acids is 2. The second-order valence-corrected chi connectivity index (χ2v) is 6.30. The number of hydrogen-bond donors (Lipinski definition) is 1. The fourth-order valence-electron chi connectivity index (χ4n) is 2.61. The number of aromatic nitrogens is 2. The number of benzene rings is 2. The largest absolute Gasteiger partial charge is 0.497 e. The molecule has 1 aromatic heterocycles. The molecule has 7 heteroatoms. The van der Waals surface area contributed by atoms with Gasteiger partial charge in [0, 0.05) is 6.54 Å². The summed E-state index contributed by atoms with van der Waals surface area (Å²) in [5, 5.41) is 2.71. The van der Waals surface area contributed by atoms with Crippen molar-refractivity contribution in [3.05, 3.63) is 65.0 Å². The number of rotatable bonds is 6. The van der Waals surface area contributed by atoms with E-state index in [1.807, 2.05) is 38.1 Å². The Bertz CT molecular complexity index is 1030. The van der Waals surface area contributed by atoms with Crippen LogP contribution in [-0.2, 0) is 16.1 Å². The van der Waals surface area contributed by atoms with Crippen molar-refractivity contribution in [1.29, 1.82) is 0 Å². The van der Waals surface area contributed by atoms with Gasteiger partial charge in [-0.15, -0.1) is 0 Å².